The summed E-state index contributed by atoms with van der Waals surface area (Å²) in [5.74, 6) is 0.325. The van der Waals surface area contributed by atoms with Crippen LogP contribution in [0.5, 0.6) is 11.5 Å². The zero-order valence-electron chi connectivity index (χ0n) is 23.2. The van der Waals surface area contributed by atoms with Gasteiger partial charge in [-0.15, -0.1) is 6.58 Å². The van der Waals surface area contributed by atoms with Gasteiger partial charge in [0.25, 0.3) is 11.5 Å². The number of allylic oxidation sites excluding steroid dienone is 1. The minimum atomic E-state index is -0.465. The van der Waals surface area contributed by atoms with Crippen LogP contribution < -0.4 is 20.3 Å². The molecule has 0 saturated heterocycles. The van der Waals surface area contributed by atoms with Crippen LogP contribution in [0.3, 0.4) is 0 Å². The predicted octanol–water partition coefficient (Wildman–Crippen LogP) is 6.23. The van der Waals surface area contributed by atoms with Gasteiger partial charge in [-0.3, -0.25) is 9.59 Å². The fourth-order valence-electron chi connectivity index (χ4n) is 4.15. The maximum absolute atomic E-state index is 13.5. The van der Waals surface area contributed by atoms with Gasteiger partial charge in [0.1, 0.15) is 11.6 Å². The predicted molar refractivity (Wildman–Crippen MR) is 163 cm³/mol. The Labute approximate surface area is 245 Å². The first-order chi connectivity index (χ1) is 19.5. The Morgan fingerprint density at radius 2 is 1.98 bits per heavy atom. The van der Waals surface area contributed by atoms with Crippen LogP contribution in [0.25, 0.3) is 10.9 Å². The monoisotopic (exact) mass is 620 g/mol. The summed E-state index contributed by atoms with van der Waals surface area (Å²) < 4.78 is 27.0. The largest absolute Gasteiger partial charge is 0.493 e. The lowest BCUT2D eigenvalue weighted by Crippen LogP contribution is -2.29. The summed E-state index contributed by atoms with van der Waals surface area (Å²) >= 11 is 3.42. The summed E-state index contributed by atoms with van der Waals surface area (Å²) in [6.45, 7) is 9.39. The molecule has 4 rings (SSSR count). The number of methoxy groups -OCH3 is 1. The highest BCUT2D eigenvalue weighted by Gasteiger charge is 2.23. The number of hydrogen-bond acceptors (Lipinski definition) is 6. The van der Waals surface area contributed by atoms with E-state index in [-0.39, 0.29) is 12.2 Å². The van der Waals surface area contributed by atoms with Crippen molar-refractivity contribution in [2.45, 2.75) is 32.6 Å². The molecule has 1 heterocycles. The lowest BCUT2D eigenvalue weighted by molar-refractivity contribution is -0.118. The maximum Gasteiger partial charge on any atom is 0.282 e. The SMILES string of the molecule is C=CCc1cc(C=Nn2c(C(C)(C)C)nc3ccc(Br)cc3c2=O)cc(OC)c1OCC(=O)Nc1cccc(F)c1. The van der Waals surface area contributed by atoms with Crippen molar-refractivity contribution in [2.24, 2.45) is 5.10 Å². The zero-order chi connectivity index (χ0) is 29.7. The van der Waals surface area contributed by atoms with Gasteiger partial charge in [-0.2, -0.15) is 9.78 Å². The quantitative estimate of drug-likeness (QED) is 0.177. The second-order valence-corrected chi connectivity index (χ2v) is 11.2. The number of carbonyl (C=O) groups excluding carboxylic acids is 1. The van der Waals surface area contributed by atoms with E-state index in [0.717, 1.165) is 4.47 Å². The van der Waals surface area contributed by atoms with E-state index in [2.05, 4.69) is 32.9 Å². The van der Waals surface area contributed by atoms with Crippen molar-refractivity contribution >= 4 is 44.6 Å². The van der Waals surface area contributed by atoms with Crippen molar-refractivity contribution in [1.82, 2.24) is 9.66 Å². The van der Waals surface area contributed by atoms with Gasteiger partial charge >= 0.3 is 0 Å². The number of ether oxygens (including phenoxy) is 2. The molecule has 3 aromatic carbocycles. The second-order valence-electron chi connectivity index (χ2n) is 10.3. The number of nitrogens with zero attached hydrogens (tertiary/aromatic N) is 3. The normalized spacial score (nSPS) is 11.6. The number of nitrogens with one attached hydrogen (secondary N) is 1. The first-order valence-electron chi connectivity index (χ1n) is 12.8. The molecule has 0 aliphatic rings. The standard InChI is InChI=1S/C31H30BrFN4O4/c1-6-8-20-13-19(14-26(40-5)28(20)41-18-27(38)35-23-10-7-9-22(33)16-23)17-34-37-29(39)24-15-21(32)11-12-25(24)36-30(37)31(2,3)4/h6-7,9-17H,1,8,18H2,2-5H3,(H,35,38). The van der Waals surface area contributed by atoms with Crippen molar-refractivity contribution in [1.29, 1.82) is 0 Å². The van der Waals surface area contributed by atoms with E-state index in [1.165, 1.54) is 30.0 Å². The average molecular weight is 622 g/mol. The molecule has 4 aromatic rings. The number of amides is 1. The van der Waals surface area contributed by atoms with Crippen LogP contribution >= 0.6 is 15.9 Å². The Bertz CT molecular complexity index is 1710. The van der Waals surface area contributed by atoms with Gasteiger partial charge < -0.3 is 14.8 Å². The number of halogens is 2. The molecule has 1 amide bonds. The summed E-state index contributed by atoms with van der Waals surface area (Å²) in [6, 6.07) is 14.5. The van der Waals surface area contributed by atoms with E-state index >= 15 is 0 Å². The smallest absolute Gasteiger partial charge is 0.282 e. The fourth-order valence-corrected chi connectivity index (χ4v) is 4.51. The third-order valence-corrected chi connectivity index (χ3v) is 6.49. The van der Waals surface area contributed by atoms with Crippen molar-refractivity contribution in [3.63, 3.8) is 0 Å². The van der Waals surface area contributed by atoms with Crippen LogP contribution in [0, 0.1) is 5.82 Å². The number of anilines is 1. The van der Waals surface area contributed by atoms with E-state index in [1.54, 1.807) is 36.6 Å². The molecule has 1 N–H and O–H groups in total. The summed E-state index contributed by atoms with van der Waals surface area (Å²) in [5, 5.41) is 7.58. The number of hydrogen-bond donors (Lipinski definition) is 1. The molecule has 0 bridgehead atoms. The number of fused-ring (bicyclic) bond motifs is 1. The molecule has 0 spiro atoms. The van der Waals surface area contributed by atoms with Gasteiger partial charge in [0.05, 0.1) is 24.2 Å². The number of benzene rings is 3. The van der Waals surface area contributed by atoms with E-state index < -0.39 is 17.1 Å². The van der Waals surface area contributed by atoms with E-state index in [0.29, 0.717) is 51.5 Å². The lowest BCUT2D eigenvalue weighted by Gasteiger charge is -2.21. The molecular weight excluding hydrogens is 591 g/mol. The Kier molecular flexibility index (Phi) is 9.02. The molecular formula is C31H30BrFN4O4. The number of rotatable bonds is 9. The van der Waals surface area contributed by atoms with E-state index in [4.69, 9.17) is 14.5 Å². The third-order valence-electron chi connectivity index (χ3n) is 6.00. The molecule has 0 aliphatic carbocycles. The Hall–Kier alpha value is -4.31. The maximum atomic E-state index is 13.5. The van der Waals surface area contributed by atoms with Gasteiger partial charge in [-0.05, 0) is 60.5 Å². The van der Waals surface area contributed by atoms with Crippen LogP contribution in [-0.4, -0.2) is 35.5 Å². The Morgan fingerprint density at radius 3 is 2.66 bits per heavy atom. The van der Waals surface area contributed by atoms with Crippen molar-refractivity contribution in [3.8, 4) is 11.5 Å². The first-order valence-corrected chi connectivity index (χ1v) is 13.6. The Balaban J connectivity index is 1.68. The van der Waals surface area contributed by atoms with Crippen molar-refractivity contribution in [3.05, 3.63) is 105 Å². The summed E-state index contributed by atoms with van der Waals surface area (Å²) in [6.07, 6.45) is 3.66. The fraction of sp³-hybridized carbons (Fsp3) is 0.226. The highest BCUT2D eigenvalue weighted by atomic mass is 79.9. The van der Waals surface area contributed by atoms with Gasteiger partial charge in [0.2, 0.25) is 0 Å². The molecule has 0 fully saturated rings. The zero-order valence-corrected chi connectivity index (χ0v) is 24.8. The second kappa shape index (κ2) is 12.5. The molecule has 0 aliphatic heterocycles. The van der Waals surface area contributed by atoms with Crippen LogP contribution in [0.1, 0.15) is 37.7 Å². The lowest BCUT2D eigenvalue weighted by atomic mass is 9.95. The topological polar surface area (TPSA) is 94.8 Å². The van der Waals surface area contributed by atoms with Gasteiger partial charge in [-0.25, -0.2) is 9.37 Å². The van der Waals surface area contributed by atoms with Gasteiger partial charge in [0.15, 0.2) is 18.1 Å². The van der Waals surface area contributed by atoms with Crippen LogP contribution in [0.4, 0.5) is 10.1 Å². The van der Waals surface area contributed by atoms with Crippen molar-refractivity contribution < 1.29 is 18.7 Å². The number of carbonyl (C=O) groups is 1. The summed E-state index contributed by atoms with van der Waals surface area (Å²) in [5.41, 5.74) is 1.49. The third kappa shape index (κ3) is 7.07. The first kappa shape index (κ1) is 29.7. The molecule has 0 atom stereocenters. The van der Waals surface area contributed by atoms with Crippen LogP contribution in [-0.2, 0) is 16.6 Å². The molecule has 8 nitrogen and oxygen atoms in total. The highest BCUT2D eigenvalue weighted by molar-refractivity contribution is 9.10. The molecule has 41 heavy (non-hydrogen) atoms. The van der Waals surface area contributed by atoms with E-state index in [1.807, 2.05) is 32.9 Å². The summed E-state index contributed by atoms with van der Waals surface area (Å²) in [4.78, 5) is 30.7. The van der Waals surface area contributed by atoms with Gasteiger partial charge in [0, 0.05) is 21.1 Å². The molecule has 0 saturated carbocycles. The molecule has 0 unspecified atom stereocenters. The molecule has 1 aromatic heterocycles. The van der Waals surface area contributed by atoms with Crippen molar-refractivity contribution in [2.75, 3.05) is 19.0 Å². The molecule has 0 radical (unpaired) electrons. The summed E-state index contributed by atoms with van der Waals surface area (Å²) in [7, 11) is 1.49. The van der Waals surface area contributed by atoms with Gasteiger partial charge in [-0.1, -0.05) is 48.8 Å². The minimum Gasteiger partial charge on any atom is -0.493 e. The average Bonchev–Trinajstić information content (AvgIpc) is 2.91. The molecule has 10 heteroatoms. The molecule has 212 valence electrons. The highest BCUT2D eigenvalue weighted by Crippen LogP contribution is 2.33. The Morgan fingerprint density at radius 1 is 1.20 bits per heavy atom. The van der Waals surface area contributed by atoms with Crippen LogP contribution in [0.2, 0.25) is 0 Å². The van der Waals surface area contributed by atoms with E-state index in [9.17, 15) is 14.0 Å². The minimum absolute atomic E-state index is 0.292. The van der Waals surface area contributed by atoms with Crippen LogP contribution in [0.15, 0.2) is 81.6 Å². The number of aromatic nitrogens is 2.